The van der Waals surface area contributed by atoms with Crippen molar-refractivity contribution in [1.29, 1.82) is 0 Å². The first-order valence-corrected chi connectivity index (χ1v) is 17.6. The molecule has 12 heteroatoms. The normalized spacial score (nSPS) is 23.5. The quantitative estimate of drug-likeness (QED) is 0.270. The van der Waals surface area contributed by atoms with Gasteiger partial charge >= 0.3 is 7.12 Å². The first-order chi connectivity index (χ1) is 23.2. The van der Waals surface area contributed by atoms with E-state index < -0.39 is 13.0 Å². The molecule has 49 heavy (non-hydrogen) atoms. The van der Waals surface area contributed by atoms with Gasteiger partial charge in [-0.15, -0.1) is 0 Å². The van der Waals surface area contributed by atoms with E-state index in [2.05, 4.69) is 61.3 Å². The van der Waals surface area contributed by atoms with Crippen molar-refractivity contribution in [1.82, 2.24) is 20.0 Å². The third kappa shape index (κ3) is 6.50. The number of aromatic nitrogens is 2. The molecule has 1 aromatic heterocycles. The molecule has 1 saturated carbocycles. The van der Waals surface area contributed by atoms with Gasteiger partial charge in [0.1, 0.15) is 5.75 Å². The van der Waals surface area contributed by atoms with Crippen molar-refractivity contribution >= 4 is 46.9 Å². The number of hydrogen-bond donors (Lipinski definition) is 2. The Morgan fingerprint density at radius 2 is 1.80 bits per heavy atom. The Hall–Kier alpha value is -3.74. The smallest absolute Gasteiger partial charge is 0.493 e. The van der Waals surface area contributed by atoms with Crippen molar-refractivity contribution in [2.75, 3.05) is 31.6 Å². The molecule has 7 rings (SSSR count). The number of likely N-dealkylation sites (tertiary alicyclic amines) is 1. The van der Waals surface area contributed by atoms with Gasteiger partial charge in [-0.25, -0.2) is 0 Å². The standard InChI is InChI=1S/C37H48BN5O6/c1-23-28(38-48-35(2,3)36(4,5)49-38)8-7-9-30(23)47-22-24-19-37(20-24)14-16-43(17-15-37)21-32(45)39-25-10-11-26-29(18-25)42(6)41-33(26)27-12-13-31(44)40-34(27)46/h7-11,18,24,27H,12-17,19-22H2,1-6H3,(H,39,45)(H,40,44,46). The van der Waals surface area contributed by atoms with E-state index in [1.54, 1.807) is 4.68 Å². The maximum absolute atomic E-state index is 13.1. The van der Waals surface area contributed by atoms with Gasteiger partial charge in [0.05, 0.1) is 41.5 Å². The summed E-state index contributed by atoms with van der Waals surface area (Å²) in [6.45, 7) is 13.2. The zero-order chi connectivity index (χ0) is 34.7. The molecule has 4 heterocycles. The number of rotatable bonds is 8. The first-order valence-electron chi connectivity index (χ1n) is 17.6. The number of fused-ring (bicyclic) bond motifs is 1. The Morgan fingerprint density at radius 3 is 2.49 bits per heavy atom. The lowest BCUT2D eigenvalue weighted by atomic mass is 9.58. The molecule has 0 bridgehead atoms. The van der Waals surface area contributed by atoms with Crippen molar-refractivity contribution in [3.63, 3.8) is 0 Å². The monoisotopic (exact) mass is 669 g/mol. The molecule has 1 unspecified atom stereocenters. The number of benzene rings is 2. The van der Waals surface area contributed by atoms with Gasteiger partial charge in [-0.05, 0) is 126 Å². The van der Waals surface area contributed by atoms with E-state index in [0.29, 0.717) is 48.7 Å². The van der Waals surface area contributed by atoms with Crippen molar-refractivity contribution in [3.05, 3.63) is 47.7 Å². The topological polar surface area (TPSA) is 124 Å². The maximum atomic E-state index is 13.1. The number of nitrogens with one attached hydrogen (secondary N) is 2. The molecule has 1 aliphatic carbocycles. The zero-order valence-corrected chi connectivity index (χ0v) is 29.6. The fourth-order valence-electron chi connectivity index (χ4n) is 8.08. The number of carbonyl (C=O) groups excluding carboxylic acids is 3. The SMILES string of the molecule is Cc1c(OCC2CC3(CCN(CC(=O)Nc4ccc5c(C6CCC(=O)NC6=O)nn(C)c5c4)CC3)C2)cccc1B1OC(C)(C)C(C)(C)O1. The molecule has 3 aliphatic heterocycles. The second kappa shape index (κ2) is 12.5. The number of amides is 3. The highest BCUT2D eigenvalue weighted by Crippen LogP contribution is 2.52. The van der Waals surface area contributed by atoms with Crippen molar-refractivity contribution in [2.24, 2.45) is 18.4 Å². The predicted octanol–water partition coefficient (Wildman–Crippen LogP) is 4.21. The fraction of sp³-hybridized carbons (Fsp3) is 0.568. The number of ether oxygens (including phenoxy) is 1. The molecule has 1 spiro atoms. The van der Waals surface area contributed by atoms with Gasteiger partial charge in [-0.3, -0.25) is 29.3 Å². The van der Waals surface area contributed by atoms with Gasteiger partial charge in [-0.2, -0.15) is 5.10 Å². The highest BCUT2D eigenvalue weighted by molar-refractivity contribution is 6.62. The van der Waals surface area contributed by atoms with Crippen LogP contribution in [0.4, 0.5) is 5.69 Å². The average molecular weight is 670 g/mol. The highest BCUT2D eigenvalue weighted by Gasteiger charge is 2.52. The van der Waals surface area contributed by atoms with Gasteiger partial charge in [0, 0.05) is 24.5 Å². The van der Waals surface area contributed by atoms with Crippen LogP contribution in [-0.2, 0) is 30.7 Å². The molecule has 4 aliphatic rings. The molecule has 11 nitrogen and oxygen atoms in total. The molecule has 3 saturated heterocycles. The Morgan fingerprint density at radius 1 is 1.08 bits per heavy atom. The Balaban J connectivity index is 0.872. The van der Waals surface area contributed by atoms with Gasteiger partial charge in [0.2, 0.25) is 17.7 Å². The number of hydrogen-bond acceptors (Lipinski definition) is 8. The number of anilines is 1. The fourth-order valence-corrected chi connectivity index (χ4v) is 8.08. The molecule has 3 aromatic rings. The summed E-state index contributed by atoms with van der Waals surface area (Å²) in [4.78, 5) is 39.4. The van der Waals surface area contributed by atoms with Crippen molar-refractivity contribution in [3.8, 4) is 5.75 Å². The molecule has 2 N–H and O–H groups in total. The molecule has 2 aromatic carbocycles. The minimum atomic E-state index is -0.461. The van der Waals surface area contributed by atoms with Crippen LogP contribution in [0.1, 0.15) is 83.4 Å². The lowest BCUT2D eigenvalue weighted by Crippen LogP contribution is -2.49. The van der Waals surface area contributed by atoms with E-state index in [1.807, 2.05) is 37.4 Å². The molecule has 4 fully saturated rings. The Kier molecular flexibility index (Phi) is 8.64. The summed E-state index contributed by atoms with van der Waals surface area (Å²) in [6.07, 6.45) is 5.26. The number of aryl methyl sites for hydroxylation is 1. The van der Waals surface area contributed by atoms with Gasteiger partial charge in [0.25, 0.3) is 0 Å². The van der Waals surface area contributed by atoms with E-state index in [-0.39, 0.29) is 28.9 Å². The summed E-state index contributed by atoms with van der Waals surface area (Å²) in [5, 5.41) is 10.9. The number of carbonyl (C=O) groups is 3. The maximum Gasteiger partial charge on any atom is 0.495 e. The van der Waals surface area contributed by atoms with Gasteiger partial charge in [0.15, 0.2) is 0 Å². The van der Waals surface area contributed by atoms with Gasteiger partial charge in [-0.1, -0.05) is 12.1 Å². The van der Waals surface area contributed by atoms with E-state index >= 15 is 0 Å². The van der Waals surface area contributed by atoms with Gasteiger partial charge < -0.3 is 19.4 Å². The predicted molar refractivity (Wildman–Crippen MR) is 188 cm³/mol. The number of imide groups is 1. The van der Waals surface area contributed by atoms with Crippen LogP contribution in [-0.4, -0.2) is 77.0 Å². The Bertz CT molecular complexity index is 1770. The van der Waals surface area contributed by atoms with E-state index in [4.69, 9.17) is 14.0 Å². The highest BCUT2D eigenvalue weighted by atomic mass is 16.7. The molecule has 1 atom stereocenters. The third-order valence-electron chi connectivity index (χ3n) is 11.8. The van der Waals surface area contributed by atoms with Crippen LogP contribution in [0, 0.1) is 18.3 Å². The number of piperidine rings is 2. The average Bonchev–Trinajstić information content (AvgIpc) is 3.46. The molecule has 260 valence electrons. The van der Waals surface area contributed by atoms with E-state index in [0.717, 1.165) is 66.5 Å². The summed E-state index contributed by atoms with van der Waals surface area (Å²) >= 11 is 0. The Labute approximate surface area is 288 Å². The van der Waals surface area contributed by atoms with E-state index in [9.17, 15) is 14.4 Å². The largest absolute Gasteiger partial charge is 0.495 e. The van der Waals surface area contributed by atoms with Crippen LogP contribution < -0.4 is 20.8 Å². The third-order valence-corrected chi connectivity index (χ3v) is 11.8. The minimum Gasteiger partial charge on any atom is -0.493 e. The number of nitrogens with zero attached hydrogens (tertiary/aromatic N) is 3. The zero-order valence-electron chi connectivity index (χ0n) is 29.6. The van der Waals surface area contributed by atoms with Crippen LogP contribution >= 0.6 is 0 Å². The summed E-state index contributed by atoms with van der Waals surface area (Å²) in [7, 11) is 1.42. The lowest BCUT2D eigenvalue weighted by molar-refractivity contribution is -0.134. The van der Waals surface area contributed by atoms with Crippen molar-refractivity contribution < 1.29 is 28.4 Å². The van der Waals surface area contributed by atoms with Crippen LogP contribution in [0.25, 0.3) is 10.9 Å². The minimum absolute atomic E-state index is 0.0409. The van der Waals surface area contributed by atoms with E-state index in [1.165, 1.54) is 0 Å². The summed E-state index contributed by atoms with van der Waals surface area (Å²) in [5.74, 6) is 0.375. The molecule has 3 amide bonds. The van der Waals surface area contributed by atoms with Crippen LogP contribution in [0.15, 0.2) is 36.4 Å². The summed E-state index contributed by atoms with van der Waals surface area (Å²) in [6, 6.07) is 11.8. The summed E-state index contributed by atoms with van der Waals surface area (Å²) < 4.78 is 20.7. The molecule has 0 radical (unpaired) electrons. The van der Waals surface area contributed by atoms with Crippen LogP contribution in [0.2, 0.25) is 0 Å². The van der Waals surface area contributed by atoms with Crippen molar-refractivity contribution in [2.45, 2.75) is 90.3 Å². The molecular weight excluding hydrogens is 621 g/mol. The second-order valence-electron chi connectivity index (χ2n) is 15.7. The van der Waals surface area contributed by atoms with Crippen LogP contribution in [0.3, 0.4) is 0 Å². The van der Waals surface area contributed by atoms with Crippen LogP contribution in [0.5, 0.6) is 5.75 Å². The lowest BCUT2D eigenvalue weighted by Gasteiger charge is -2.52. The first kappa shape index (κ1) is 33.7. The molecular formula is C37H48BN5O6. The second-order valence-corrected chi connectivity index (χ2v) is 15.7. The summed E-state index contributed by atoms with van der Waals surface area (Å²) in [5.41, 5.74) is 3.86.